The van der Waals surface area contributed by atoms with Gasteiger partial charge in [0.15, 0.2) is 0 Å². The Kier molecular flexibility index (Phi) is 4.72. The second kappa shape index (κ2) is 6.29. The van der Waals surface area contributed by atoms with Gasteiger partial charge in [-0.3, -0.25) is 4.90 Å². The molecule has 18 heavy (non-hydrogen) atoms. The summed E-state index contributed by atoms with van der Waals surface area (Å²) >= 11 is 0. The molecule has 1 aliphatic rings. The monoisotopic (exact) mass is 252 g/mol. The summed E-state index contributed by atoms with van der Waals surface area (Å²) in [5.41, 5.74) is 0. The third-order valence-corrected chi connectivity index (χ3v) is 3.56. The first kappa shape index (κ1) is 13.5. The lowest BCUT2D eigenvalue weighted by Gasteiger charge is -2.30. The molecular weight excluding hydrogens is 228 g/mol. The second-order valence-corrected chi connectivity index (χ2v) is 5.65. The van der Waals surface area contributed by atoms with Gasteiger partial charge in [0.2, 0.25) is 0 Å². The molecule has 1 aromatic heterocycles. The lowest BCUT2D eigenvalue weighted by Crippen LogP contribution is -2.35. The standard InChI is InChI=1S/C13H24N4O/c1-11(2)7-17-13(14-10-15-17)8-16-5-3-12(9-18)4-6-16/h10-12,18H,3-9H2,1-2H3. The molecule has 0 unspecified atom stereocenters. The number of hydrogen-bond acceptors (Lipinski definition) is 4. The highest BCUT2D eigenvalue weighted by Gasteiger charge is 2.20. The smallest absolute Gasteiger partial charge is 0.141 e. The lowest BCUT2D eigenvalue weighted by atomic mass is 9.98. The van der Waals surface area contributed by atoms with Crippen LogP contribution in [0.3, 0.4) is 0 Å². The minimum atomic E-state index is 0.331. The first-order valence-electron chi connectivity index (χ1n) is 6.89. The summed E-state index contributed by atoms with van der Waals surface area (Å²) in [5.74, 6) is 2.14. The Morgan fingerprint density at radius 2 is 2.11 bits per heavy atom. The van der Waals surface area contributed by atoms with Gasteiger partial charge in [-0.05, 0) is 37.8 Å². The lowest BCUT2D eigenvalue weighted by molar-refractivity contribution is 0.124. The molecule has 2 heterocycles. The molecule has 1 fully saturated rings. The number of likely N-dealkylation sites (tertiary alicyclic amines) is 1. The first-order chi connectivity index (χ1) is 8.69. The molecule has 0 aliphatic carbocycles. The average Bonchev–Trinajstić information content (AvgIpc) is 2.77. The van der Waals surface area contributed by atoms with Crippen LogP contribution in [0.25, 0.3) is 0 Å². The molecule has 0 spiro atoms. The molecule has 0 radical (unpaired) electrons. The molecule has 0 aromatic carbocycles. The van der Waals surface area contributed by atoms with Crippen LogP contribution in [0.2, 0.25) is 0 Å². The van der Waals surface area contributed by atoms with Gasteiger partial charge in [-0.15, -0.1) is 0 Å². The van der Waals surface area contributed by atoms with E-state index in [2.05, 4.69) is 28.8 Å². The van der Waals surface area contributed by atoms with E-state index in [1.165, 1.54) is 0 Å². The Morgan fingerprint density at radius 1 is 1.39 bits per heavy atom. The second-order valence-electron chi connectivity index (χ2n) is 5.65. The quantitative estimate of drug-likeness (QED) is 0.854. The van der Waals surface area contributed by atoms with Crippen LogP contribution in [-0.2, 0) is 13.1 Å². The third kappa shape index (κ3) is 3.53. The first-order valence-corrected chi connectivity index (χ1v) is 6.89. The number of aliphatic hydroxyl groups is 1. The van der Waals surface area contributed by atoms with E-state index in [0.717, 1.165) is 44.8 Å². The van der Waals surface area contributed by atoms with Crippen LogP contribution in [-0.4, -0.2) is 44.5 Å². The summed E-state index contributed by atoms with van der Waals surface area (Å²) in [7, 11) is 0. The molecule has 1 aromatic rings. The zero-order chi connectivity index (χ0) is 13.0. The van der Waals surface area contributed by atoms with E-state index in [4.69, 9.17) is 5.11 Å². The zero-order valence-electron chi connectivity index (χ0n) is 11.4. The van der Waals surface area contributed by atoms with Gasteiger partial charge in [0, 0.05) is 13.2 Å². The summed E-state index contributed by atoms with van der Waals surface area (Å²) < 4.78 is 2.02. The fraction of sp³-hybridized carbons (Fsp3) is 0.846. The summed E-state index contributed by atoms with van der Waals surface area (Å²) in [6, 6.07) is 0. The van der Waals surface area contributed by atoms with E-state index in [9.17, 15) is 0 Å². The van der Waals surface area contributed by atoms with Crippen molar-refractivity contribution < 1.29 is 5.11 Å². The van der Waals surface area contributed by atoms with E-state index in [1.54, 1.807) is 6.33 Å². The molecular formula is C13H24N4O. The van der Waals surface area contributed by atoms with Crippen molar-refractivity contribution in [3.63, 3.8) is 0 Å². The van der Waals surface area contributed by atoms with E-state index in [1.807, 2.05) is 4.68 Å². The highest BCUT2D eigenvalue weighted by Crippen LogP contribution is 2.17. The Bertz CT molecular complexity index is 356. The minimum Gasteiger partial charge on any atom is -0.396 e. The van der Waals surface area contributed by atoms with E-state index >= 15 is 0 Å². The predicted octanol–water partition coefficient (Wildman–Crippen LogP) is 1.14. The molecule has 1 N–H and O–H groups in total. The highest BCUT2D eigenvalue weighted by molar-refractivity contribution is 4.86. The SMILES string of the molecule is CC(C)Cn1ncnc1CN1CCC(CO)CC1. The van der Waals surface area contributed by atoms with Crippen LogP contribution in [0.1, 0.15) is 32.5 Å². The van der Waals surface area contributed by atoms with E-state index in [-0.39, 0.29) is 0 Å². The van der Waals surface area contributed by atoms with Crippen LogP contribution < -0.4 is 0 Å². The number of hydrogen-bond donors (Lipinski definition) is 1. The fourth-order valence-corrected chi connectivity index (χ4v) is 2.44. The van der Waals surface area contributed by atoms with Crippen LogP contribution in [0, 0.1) is 11.8 Å². The fourth-order valence-electron chi connectivity index (χ4n) is 2.44. The summed E-state index contributed by atoms with van der Waals surface area (Å²) in [5, 5.41) is 13.4. The largest absolute Gasteiger partial charge is 0.396 e. The van der Waals surface area contributed by atoms with Crippen molar-refractivity contribution in [2.75, 3.05) is 19.7 Å². The number of aromatic nitrogens is 3. The van der Waals surface area contributed by atoms with E-state index in [0.29, 0.717) is 18.4 Å². The van der Waals surface area contributed by atoms with Crippen LogP contribution in [0.4, 0.5) is 0 Å². The maximum absolute atomic E-state index is 9.13. The van der Waals surface area contributed by atoms with Crippen LogP contribution in [0.5, 0.6) is 0 Å². The normalized spacial score (nSPS) is 18.7. The maximum atomic E-state index is 9.13. The Labute approximate surface area is 109 Å². The average molecular weight is 252 g/mol. The molecule has 0 amide bonds. The van der Waals surface area contributed by atoms with Gasteiger partial charge in [0.25, 0.3) is 0 Å². The Balaban J connectivity index is 1.88. The van der Waals surface area contributed by atoms with Gasteiger partial charge in [0.05, 0.1) is 6.54 Å². The van der Waals surface area contributed by atoms with Gasteiger partial charge in [0.1, 0.15) is 12.2 Å². The van der Waals surface area contributed by atoms with Crippen molar-refractivity contribution in [1.82, 2.24) is 19.7 Å². The Hall–Kier alpha value is -0.940. The minimum absolute atomic E-state index is 0.331. The van der Waals surface area contributed by atoms with Gasteiger partial charge >= 0.3 is 0 Å². The molecule has 2 rings (SSSR count). The summed E-state index contributed by atoms with van der Waals surface area (Å²) in [6.07, 6.45) is 3.84. The van der Waals surface area contributed by atoms with Crippen molar-refractivity contribution in [2.45, 2.75) is 39.8 Å². The number of aliphatic hydroxyl groups excluding tert-OH is 1. The molecule has 0 saturated carbocycles. The van der Waals surface area contributed by atoms with Crippen molar-refractivity contribution >= 4 is 0 Å². The van der Waals surface area contributed by atoms with Gasteiger partial charge in [-0.1, -0.05) is 13.8 Å². The Morgan fingerprint density at radius 3 is 2.72 bits per heavy atom. The maximum Gasteiger partial charge on any atom is 0.141 e. The third-order valence-electron chi connectivity index (χ3n) is 3.56. The van der Waals surface area contributed by atoms with Crippen LogP contribution in [0.15, 0.2) is 6.33 Å². The van der Waals surface area contributed by atoms with Gasteiger partial charge < -0.3 is 5.11 Å². The molecule has 102 valence electrons. The topological polar surface area (TPSA) is 54.2 Å². The van der Waals surface area contributed by atoms with Crippen molar-refractivity contribution in [2.24, 2.45) is 11.8 Å². The van der Waals surface area contributed by atoms with Gasteiger partial charge in [-0.25, -0.2) is 9.67 Å². The molecule has 0 atom stereocenters. The van der Waals surface area contributed by atoms with E-state index < -0.39 is 0 Å². The zero-order valence-corrected chi connectivity index (χ0v) is 11.4. The van der Waals surface area contributed by atoms with Gasteiger partial charge in [-0.2, -0.15) is 5.10 Å². The predicted molar refractivity (Wildman–Crippen MR) is 69.9 cm³/mol. The molecule has 5 heteroatoms. The van der Waals surface area contributed by atoms with Crippen molar-refractivity contribution in [1.29, 1.82) is 0 Å². The molecule has 5 nitrogen and oxygen atoms in total. The van der Waals surface area contributed by atoms with Crippen LogP contribution >= 0.6 is 0 Å². The van der Waals surface area contributed by atoms with Crippen molar-refractivity contribution in [3.05, 3.63) is 12.2 Å². The number of nitrogens with zero attached hydrogens (tertiary/aromatic N) is 4. The molecule has 0 bridgehead atoms. The number of piperidine rings is 1. The highest BCUT2D eigenvalue weighted by atomic mass is 16.3. The molecule has 1 aliphatic heterocycles. The summed E-state index contributed by atoms with van der Waals surface area (Å²) in [4.78, 5) is 6.77. The van der Waals surface area contributed by atoms with Crippen molar-refractivity contribution in [3.8, 4) is 0 Å². The number of rotatable bonds is 5. The molecule has 1 saturated heterocycles. The summed E-state index contributed by atoms with van der Waals surface area (Å²) in [6.45, 7) is 8.64.